The highest BCUT2D eigenvalue weighted by Crippen LogP contribution is 2.26. The number of aromatic nitrogens is 2. The maximum atomic E-state index is 13.3. The van der Waals surface area contributed by atoms with E-state index in [0.29, 0.717) is 12.2 Å². The van der Waals surface area contributed by atoms with E-state index >= 15 is 0 Å². The van der Waals surface area contributed by atoms with Gasteiger partial charge < -0.3 is 4.90 Å². The third kappa shape index (κ3) is 4.00. The molecule has 1 saturated heterocycles. The lowest BCUT2D eigenvalue weighted by molar-refractivity contribution is 0.243. The van der Waals surface area contributed by atoms with Gasteiger partial charge in [0.15, 0.2) is 0 Å². The van der Waals surface area contributed by atoms with Gasteiger partial charge in [-0.15, -0.1) is 0 Å². The van der Waals surface area contributed by atoms with Crippen molar-refractivity contribution in [2.24, 2.45) is 7.05 Å². The van der Waals surface area contributed by atoms with E-state index in [1.807, 2.05) is 18.2 Å². The van der Waals surface area contributed by atoms with E-state index in [-0.39, 0.29) is 16.4 Å². The number of benzene rings is 2. The lowest BCUT2D eigenvalue weighted by Crippen LogP contribution is -2.46. The zero-order chi connectivity index (χ0) is 21.4. The van der Waals surface area contributed by atoms with Crippen LogP contribution in [0.4, 0.5) is 10.1 Å². The van der Waals surface area contributed by atoms with E-state index in [4.69, 9.17) is 23.2 Å². The lowest BCUT2D eigenvalue weighted by Gasteiger charge is -2.37. The molecule has 3 aromatic rings. The van der Waals surface area contributed by atoms with Crippen LogP contribution in [-0.2, 0) is 13.6 Å². The van der Waals surface area contributed by atoms with Gasteiger partial charge in [0.05, 0.1) is 11.4 Å². The van der Waals surface area contributed by atoms with Crippen LogP contribution in [0.3, 0.4) is 0 Å². The molecule has 1 aliphatic rings. The normalized spacial score (nSPS) is 15.0. The van der Waals surface area contributed by atoms with Crippen LogP contribution >= 0.6 is 23.2 Å². The van der Waals surface area contributed by atoms with Crippen molar-refractivity contribution in [3.05, 3.63) is 79.9 Å². The Morgan fingerprint density at radius 1 is 1.00 bits per heavy atom. The second kappa shape index (κ2) is 8.46. The summed E-state index contributed by atoms with van der Waals surface area (Å²) in [6, 6.07) is 11.8. The molecule has 30 heavy (non-hydrogen) atoms. The van der Waals surface area contributed by atoms with Crippen molar-refractivity contribution in [2.75, 3.05) is 31.1 Å². The maximum Gasteiger partial charge on any atom is 0.290 e. The monoisotopic (exact) mass is 448 g/mol. The zero-order valence-corrected chi connectivity index (χ0v) is 18.4. The smallest absolute Gasteiger partial charge is 0.290 e. The van der Waals surface area contributed by atoms with Gasteiger partial charge in [0, 0.05) is 50.5 Å². The molecule has 2 heterocycles. The molecule has 0 amide bonds. The number of nitrogens with zero attached hydrogens (tertiary/aromatic N) is 4. The number of aryl methyl sites for hydroxylation is 1. The quantitative estimate of drug-likeness (QED) is 0.597. The van der Waals surface area contributed by atoms with Crippen LogP contribution in [0.1, 0.15) is 11.3 Å². The molecule has 0 radical (unpaired) electrons. The van der Waals surface area contributed by atoms with Crippen molar-refractivity contribution >= 4 is 28.9 Å². The first kappa shape index (κ1) is 21.0. The average molecular weight is 449 g/mol. The Kier molecular flexibility index (Phi) is 5.91. The average Bonchev–Trinajstić information content (AvgIpc) is 2.94. The van der Waals surface area contributed by atoms with Gasteiger partial charge in [-0.1, -0.05) is 29.3 Å². The molecule has 0 N–H and O–H groups in total. The molecule has 1 fully saturated rings. The van der Waals surface area contributed by atoms with E-state index < -0.39 is 0 Å². The van der Waals surface area contributed by atoms with Crippen LogP contribution < -0.4 is 10.5 Å². The third-order valence-electron chi connectivity index (χ3n) is 5.65. The minimum Gasteiger partial charge on any atom is -0.369 e. The van der Waals surface area contributed by atoms with Gasteiger partial charge in [0.25, 0.3) is 5.56 Å². The van der Waals surface area contributed by atoms with Crippen LogP contribution in [0.15, 0.2) is 47.3 Å². The summed E-state index contributed by atoms with van der Waals surface area (Å²) < 4.78 is 16.5. The summed E-state index contributed by atoms with van der Waals surface area (Å²) in [6.45, 7) is 6.08. The summed E-state index contributed by atoms with van der Waals surface area (Å²) in [7, 11) is 1.80. The van der Waals surface area contributed by atoms with E-state index in [0.717, 1.165) is 42.6 Å². The second-order valence-corrected chi connectivity index (χ2v) is 8.39. The number of rotatable bonds is 4. The summed E-state index contributed by atoms with van der Waals surface area (Å²) in [5, 5.41) is 0.942. The fraction of sp³-hybridized carbons (Fsp3) is 0.318. The number of piperazine rings is 1. The van der Waals surface area contributed by atoms with Crippen molar-refractivity contribution in [1.29, 1.82) is 0 Å². The van der Waals surface area contributed by atoms with Gasteiger partial charge in [-0.25, -0.2) is 9.07 Å². The number of halogens is 3. The standard InChI is InChI=1S/C22H23Cl2FN4O/c1-15-3-4-16(23)13-19(15)28-11-9-27(10-12-28)14-20-21(24)22(30)29(26(20)2)18-7-5-17(25)6-8-18/h3-8,13H,9-12,14H2,1-2H3. The van der Waals surface area contributed by atoms with Crippen LogP contribution in [-0.4, -0.2) is 40.4 Å². The van der Waals surface area contributed by atoms with Crippen LogP contribution in [0, 0.1) is 12.7 Å². The zero-order valence-electron chi connectivity index (χ0n) is 16.9. The number of hydrogen-bond acceptors (Lipinski definition) is 3. The molecule has 158 valence electrons. The Morgan fingerprint density at radius 3 is 2.33 bits per heavy atom. The summed E-state index contributed by atoms with van der Waals surface area (Å²) >= 11 is 12.6. The van der Waals surface area contributed by atoms with Crippen molar-refractivity contribution in [1.82, 2.24) is 14.3 Å². The largest absolute Gasteiger partial charge is 0.369 e. The minimum atomic E-state index is -0.347. The molecule has 5 nitrogen and oxygen atoms in total. The first-order valence-electron chi connectivity index (χ1n) is 9.81. The van der Waals surface area contributed by atoms with Gasteiger partial charge in [-0.2, -0.15) is 0 Å². The van der Waals surface area contributed by atoms with Crippen molar-refractivity contribution in [3.63, 3.8) is 0 Å². The third-order valence-corrected chi connectivity index (χ3v) is 6.27. The molecule has 1 aromatic heterocycles. The molecule has 0 bridgehead atoms. The lowest BCUT2D eigenvalue weighted by atomic mass is 10.1. The van der Waals surface area contributed by atoms with E-state index in [2.05, 4.69) is 16.7 Å². The highest BCUT2D eigenvalue weighted by atomic mass is 35.5. The predicted molar refractivity (Wildman–Crippen MR) is 120 cm³/mol. The predicted octanol–water partition coefficient (Wildman–Crippen LogP) is 4.25. The highest BCUT2D eigenvalue weighted by molar-refractivity contribution is 6.31. The molecular weight excluding hydrogens is 426 g/mol. The summed E-state index contributed by atoms with van der Waals surface area (Å²) in [4.78, 5) is 17.3. The summed E-state index contributed by atoms with van der Waals surface area (Å²) in [5.41, 5.74) is 3.40. The molecule has 2 aromatic carbocycles. The van der Waals surface area contributed by atoms with Crippen molar-refractivity contribution in [3.8, 4) is 5.69 Å². The maximum absolute atomic E-state index is 13.3. The molecule has 0 aliphatic carbocycles. The Balaban J connectivity index is 1.51. The molecule has 1 aliphatic heterocycles. The minimum absolute atomic E-state index is 0.204. The first-order chi connectivity index (χ1) is 14.3. The fourth-order valence-electron chi connectivity index (χ4n) is 3.94. The molecule has 4 rings (SSSR count). The van der Waals surface area contributed by atoms with Gasteiger partial charge in [0.2, 0.25) is 0 Å². The van der Waals surface area contributed by atoms with Crippen LogP contribution in [0.5, 0.6) is 0 Å². The van der Waals surface area contributed by atoms with Crippen molar-refractivity contribution in [2.45, 2.75) is 13.5 Å². The van der Waals surface area contributed by atoms with E-state index in [1.165, 1.54) is 22.4 Å². The molecule has 8 heteroatoms. The fourth-order valence-corrected chi connectivity index (χ4v) is 4.37. The van der Waals surface area contributed by atoms with Gasteiger partial charge in [0.1, 0.15) is 10.8 Å². The van der Waals surface area contributed by atoms with Gasteiger partial charge in [-0.3, -0.25) is 14.4 Å². The van der Waals surface area contributed by atoms with Crippen LogP contribution in [0.25, 0.3) is 5.69 Å². The summed E-state index contributed by atoms with van der Waals surface area (Å²) in [5.74, 6) is -0.347. The Bertz CT molecular complexity index is 1120. The molecule has 0 spiro atoms. The second-order valence-electron chi connectivity index (χ2n) is 7.57. The Labute approximate surface area is 184 Å². The molecule has 0 atom stereocenters. The summed E-state index contributed by atoms with van der Waals surface area (Å²) in [6.07, 6.45) is 0. The van der Waals surface area contributed by atoms with Gasteiger partial charge in [-0.05, 0) is 48.9 Å². The van der Waals surface area contributed by atoms with Crippen molar-refractivity contribution < 1.29 is 4.39 Å². The molecular formula is C22H23Cl2FN4O. The SMILES string of the molecule is Cc1ccc(Cl)cc1N1CCN(Cc2c(Cl)c(=O)n(-c3ccc(F)cc3)n2C)CC1. The van der Waals surface area contributed by atoms with E-state index in [9.17, 15) is 9.18 Å². The van der Waals surface area contributed by atoms with Gasteiger partial charge >= 0.3 is 0 Å². The number of hydrogen-bond donors (Lipinski definition) is 0. The molecule has 0 unspecified atom stereocenters. The topological polar surface area (TPSA) is 33.4 Å². The highest BCUT2D eigenvalue weighted by Gasteiger charge is 2.23. The first-order valence-corrected chi connectivity index (χ1v) is 10.6. The Hall–Kier alpha value is -2.28. The van der Waals surface area contributed by atoms with E-state index in [1.54, 1.807) is 23.9 Å². The molecule has 0 saturated carbocycles. The van der Waals surface area contributed by atoms with Crippen LogP contribution in [0.2, 0.25) is 10.0 Å². The Morgan fingerprint density at radius 2 is 1.67 bits per heavy atom. The number of anilines is 1.